The van der Waals surface area contributed by atoms with Crippen molar-refractivity contribution in [2.45, 2.75) is 50.5 Å². The van der Waals surface area contributed by atoms with Gasteiger partial charge in [-0.15, -0.1) is 0 Å². The molecule has 0 aromatic heterocycles. The molecule has 2 saturated carbocycles. The molecule has 0 aliphatic heterocycles. The van der Waals surface area contributed by atoms with E-state index in [1.807, 2.05) is 0 Å². The summed E-state index contributed by atoms with van der Waals surface area (Å²) in [4.78, 5) is 0. The van der Waals surface area contributed by atoms with E-state index in [2.05, 4.69) is 30.3 Å². The highest BCUT2D eigenvalue weighted by molar-refractivity contribution is 5.25. The summed E-state index contributed by atoms with van der Waals surface area (Å²) in [6, 6.07) is 10.7. The zero-order valence-electron chi connectivity index (χ0n) is 10.6. The standard InChI is InChI=1S/C16H23N/c17-16(15-8-2-1-3-9-15)11-10-13-6-4-5-7-14(13)12-16/h1-3,8-9,13-14H,4-7,10-12,17H2. The molecule has 0 amide bonds. The first-order valence-electron chi connectivity index (χ1n) is 7.12. The van der Waals surface area contributed by atoms with Crippen molar-refractivity contribution in [3.8, 4) is 0 Å². The van der Waals surface area contributed by atoms with Crippen molar-refractivity contribution in [3.05, 3.63) is 35.9 Å². The summed E-state index contributed by atoms with van der Waals surface area (Å²) in [6.07, 6.45) is 9.47. The van der Waals surface area contributed by atoms with E-state index in [1.165, 1.54) is 50.5 Å². The first-order chi connectivity index (χ1) is 8.28. The Hall–Kier alpha value is -0.820. The molecule has 0 saturated heterocycles. The van der Waals surface area contributed by atoms with Gasteiger partial charge in [0, 0.05) is 5.54 Å². The second-order valence-electron chi connectivity index (χ2n) is 6.07. The molecule has 17 heavy (non-hydrogen) atoms. The van der Waals surface area contributed by atoms with Crippen LogP contribution in [0.2, 0.25) is 0 Å². The molecule has 3 unspecified atom stereocenters. The molecule has 0 bridgehead atoms. The monoisotopic (exact) mass is 229 g/mol. The van der Waals surface area contributed by atoms with Gasteiger partial charge in [-0.1, -0.05) is 56.0 Å². The molecular formula is C16H23N. The fraction of sp³-hybridized carbons (Fsp3) is 0.625. The van der Waals surface area contributed by atoms with E-state index < -0.39 is 0 Å². The number of hydrogen-bond donors (Lipinski definition) is 1. The van der Waals surface area contributed by atoms with Gasteiger partial charge in [0.2, 0.25) is 0 Å². The Balaban J connectivity index is 1.80. The normalized spacial score (nSPS) is 37.5. The van der Waals surface area contributed by atoms with Crippen molar-refractivity contribution in [1.82, 2.24) is 0 Å². The maximum atomic E-state index is 6.69. The van der Waals surface area contributed by atoms with Crippen molar-refractivity contribution in [2.75, 3.05) is 0 Å². The van der Waals surface area contributed by atoms with Crippen molar-refractivity contribution >= 4 is 0 Å². The van der Waals surface area contributed by atoms with Gasteiger partial charge < -0.3 is 5.73 Å². The second-order valence-corrected chi connectivity index (χ2v) is 6.07. The molecule has 1 aromatic carbocycles. The van der Waals surface area contributed by atoms with Crippen molar-refractivity contribution in [1.29, 1.82) is 0 Å². The molecule has 0 heterocycles. The molecule has 0 radical (unpaired) electrons. The van der Waals surface area contributed by atoms with Gasteiger partial charge in [0.05, 0.1) is 0 Å². The minimum atomic E-state index is -0.0419. The lowest BCUT2D eigenvalue weighted by molar-refractivity contribution is 0.110. The van der Waals surface area contributed by atoms with Gasteiger partial charge in [-0.05, 0) is 36.7 Å². The van der Waals surface area contributed by atoms with E-state index in [0.717, 1.165) is 11.8 Å². The van der Waals surface area contributed by atoms with Crippen LogP contribution in [0.3, 0.4) is 0 Å². The quantitative estimate of drug-likeness (QED) is 0.778. The number of nitrogens with two attached hydrogens (primary N) is 1. The summed E-state index contributed by atoms with van der Waals surface area (Å²) >= 11 is 0. The summed E-state index contributed by atoms with van der Waals surface area (Å²) in [7, 11) is 0. The van der Waals surface area contributed by atoms with Gasteiger partial charge >= 0.3 is 0 Å². The Morgan fingerprint density at radius 3 is 2.41 bits per heavy atom. The van der Waals surface area contributed by atoms with Crippen LogP contribution in [0.1, 0.15) is 50.5 Å². The summed E-state index contributed by atoms with van der Waals surface area (Å²) < 4.78 is 0. The van der Waals surface area contributed by atoms with E-state index in [9.17, 15) is 0 Å². The molecule has 1 heteroatoms. The van der Waals surface area contributed by atoms with Crippen molar-refractivity contribution in [3.63, 3.8) is 0 Å². The van der Waals surface area contributed by atoms with Crippen LogP contribution in [0.25, 0.3) is 0 Å². The van der Waals surface area contributed by atoms with E-state index in [-0.39, 0.29) is 5.54 Å². The predicted molar refractivity (Wildman–Crippen MR) is 71.6 cm³/mol. The average Bonchev–Trinajstić information content (AvgIpc) is 2.40. The van der Waals surface area contributed by atoms with Crippen LogP contribution in [0.15, 0.2) is 30.3 Å². The topological polar surface area (TPSA) is 26.0 Å². The minimum absolute atomic E-state index is 0.0419. The summed E-state index contributed by atoms with van der Waals surface area (Å²) in [5.74, 6) is 1.87. The van der Waals surface area contributed by atoms with Gasteiger partial charge in [0.15, 0.2) is 0 Å². The van der Waals surface area contributed by atoms with Crippen LogP contribution in [-0.2, 0) is 5.54 Å². The maximum absolute atomic E-state index is 6.69. The lowest BCUT2D eigenvalue weighted by Gasteiger charge is -2.45. The second kappa shape index (κ2) is 4.45. The van der Waals surface area contributed by atoms with Crippen LogP contribution >= 0.6 is 0 Å². The summed E-state index contributed by atoms with van der Waals surface area (Å²) in [5, 5.41) is 0. The Kier molecular flexibility index (Phi) is 2.96. The molecule has 2 N–H and O–H groups in total. The highest BCUT2D eigenvalue weighted by Crippen LogP contribution is 2.46. The molecule has 0 spiro atoms. The molecular weight excluding hydrogens is 206 g/mol. The number of fused-ring (bicyclic) bond motifs is 1. The lowest BCUT2D eigenvalue weighted by atomic mass is 9.63. The maximum Gasteiger partial charge on any atom is 0.0412 e. The third-order valence-corrected chi connectivity index (χ3v) is 5.00. The molecule has 2 aliphatic rings. The predicted octanol–water partition coefficient (Wildman–Crippen LogP) is 3.83. The van der Waals surface area contributed by atoms with E-state index in [1.54, 1.807) is 0 Å². The third kappa shape index (κ3) is 2.13. The van der Waals surface area contributed by atoms with E-state index in [4.69, 9.17) is 5.73 Å². The Morgan fingerprint density at radius 2 is 1.65 bits per heavy atom. The van der Waals surface area contributed by atoms with Gasteiger partial charge in [0.1, 0.15) is 0 Å². The zero-order chi connectivity index (χ0) is 11.7. The fourth-order valence-electron chi connectivity index (χ4n) is 3.98. The first-order valence-corrected chi connectivity index (χ1v) is 7.12. The largest absolute Gasteiger partial charge is 0.321 e. The number of benzene rings is 1. The highest BCUT2D eigenvalue weighted by atomic mass is 14.8. The van der Waals surface area contributed by atoms with E-state index >= 15 is 0 Å². The Labute approximate surface area is 104 Å². The molecule has 3 atom stereocenters. The summed E-state index contributed by atoms with van der Waals surface area (Å²) in [6.45, 7) is 0. The highest BCUT2D eigenvalue weighted by Gasteiger charge is 2.39. The third-order valence-electron chi connectivity index (χ3n) is 5.00. The van der Waals surface area contributed by atoms with Crippen molar-refractivity contribution < 1.29 is 0 Å². The van der Waals surface area contributed by atoms with Crippen LogP contribution < -0.4 is 5.73 Å². The van der Waals surface area contributed by atoms with Gasteiger partial charge in [-0.3, -0.25) is 0 Å². The van der Waals surface area contributed by atoms with Gasteiger partial charge in [-0.25, -0.2) is 0 Å². The average molecular weight is 229 g/mol. The molecule has 1 aromatic rings. The van der Waals surface area contributed by atoms with Crippen LogP contribution in [0, 0.1) is 11.8 Å². The van der Waals surface area contributed by atoms with Gasteiger partial charge in [0.25, 0.3) is 0 Å². The minimum Gasteiger partial charge on any atom is -0.321 e. The molecule has 92 valence electrons. The van der Waals surface area contributed by atoms with Gasteiger partial charge in [-0.2, -0.15) is 0 Å². The van der Waals surface area contributed by atoms with Crippen molar-refractivity contribution in [2.24, 2.45) is 17.6 Å². The SMILES string of the molecule is NC1(c2ccccc2)CCC2CCCCC2C1. The molecule has 3 rings (SSSR count). The van der Waals surface area contributed by atoms with E-state index in [0.29, 0.717) is 0 Å². The number of hydrogen-bond acceptors (Lipinski definition) is 1. The zero-order valence-corrected chi connectivity index (χ0v) is 10.6. The van der Waals surface area contributed by atoms with Crippen LogP contribution in [-0.4, -0.2) is 0 Å². The smallest absolute Gasteiger partial charge is 0.0412 e. The Morgan fingerprint density at radius 1 is 0.941 bits per heavy atom. The van der Waals surface area contributed by atoms with Crippen LogP contribution in [0.4, 0.5) is 0 Å². The number of rotatable bonds is 1. The lowest BCUT2D eigenvalue weighted by Crippen LogP contribution is -2.45. The molecule has 2 fully saturated rings. The molecule has 2 aliphatic carbocycles. The van der Waals surface area contributed by atoms with Crippen LogP contribution in [0.5, 0.6) is 0 Å². The Bertz CT molecular complexity index is 372. The summed E-state index contributed by atoms with van der Waals surface area (Å²) in [5.41, 5.74) is 8.00. The molecule has 1 nitrogen and oxygen atoms in total. The fourth-order valence-corrected chi connectivity index (χ4v) is 3.98. The first kappa shape index (κ1) is 11.3.